The molecule has 2 unspecified atom stereocenters. The largest absolute Gasteiger partial charge is 0.269 e. The van der Waals surface area contributed by atoms with Gasteiger partial charge in [0.05, 0.1) is 10.9 Å². The molecule has 0 aromatic heterocycles. The van der Waals surface area contributed by atoms with Crippen molar-refractivity contribution in [2.24, 2.45) is 10.9 Å². The lowest BCUT2D eigenvalue weighted by molar-refractivity contribution is 0.605. The molecule has 3 nitrogen and oxygen atoms in total. The van der Waals surface area contributed by atoms with E-state index in [0.717, 1.165) is 12.0 Å². The molecule has 1 aliphatic carbocycles. The number of nitrogens with zero attached hydrogens (tertiary/aromatic N) is 1. The van der Waals surface area contributed by atoms with E-state index in [2.05, 4.69) is 4.99 Å². The Bertz CT molecular complexity index is 611. The minimum Gasteiger partial charge on any atom is -0.269 e. The molecule has 2 bridgehead atoms. The third kappa shape index (κ3) is 1.63. The highest BCUT2D eigenvalue weighted by molar-refractivity contribution is 8.06. The first kappa shape index (κ1) is 10.7. The van der Waals surface area contributed by atoms with E-state index in [4.69, 9.17) is 0 Å². The van der Waals surface area contributed by atoms with Crippen molar-refractivity contribution in [2.75, 3.05) is 0 Å². The van der Waals surface area contributed by atoms with Crippen LogP contribution in [-0.2, 0) is 9.84 Å². The van der Waals surface area contributed by atoms with E-state index in [1.807, 2.05) is 31.2 Å². The fourth-order valence-electron chi connectivity index (χ4n) is 2.32. The van der Waals surface area contributed by atoms with Gasteiger partial charge in [-0.25, -0.2) is 8.42 Å². The van der Waals surface area contributed by atoms with Crippen LogP contribution in [0.4, 0.5) is 0 Å². The molecule has 1 aromatic carbocycles. The summed E-state index contributed by atoms with van der Waals surface area (Å²) in [7, 11) is -3.39. The fraction of sp³-hybridized carbons (Fsp3) is 0.308. The normalized spacial score (nSPS) is 26.3. The van der Waals surface area contributed by atoms with Gasteiger partial charge in [0.1, 0.15) is 5.04 Å². The molecule has 0 amide bonds. The lowest BCUT2D eigenvalue weighted by Gasteiger charge is -2.09. The summed E-state index contributed by atoms with van der Waals surface area (Å²) in [6, 6.07) is 7.02. The van der Waals surface area contributed by atoms with Crippen LogP contribution in [0.5, 0.6) is 0 Å². The maximum absolute atomic E-state index is 12.4. The van der Waals surface area contributed by atoms with Gasteiger partial charge in [-0.05, 0) is 25.5 Å². The summed E-state index contributed by atoms with van der Waals surface area (Å²) in [5.74, 6) is -0.00805. The molecule has 0 spiro atoms. The summed E-state index contributed by atoms with van der Waals surface area (Å²) in [5.41, 5.74) is 1.05. The van der Waals surface area contributed by atoms with Gasteiger partial charge in [0.15, 0.2) is 0 Å². The first-order valence-electron chi connectivity index (χ1n) is 5.65. The Morgan fingerprint density at radius 2 is 1.88 bits per heavy atom. The highest BCUT2D eigenvalue weighted by Gasteiger charge is 2.38. The van der Waals surface area contributed by atoms with Crippen molar-refractivity contribution in [2.45, 2.75) is 24.3 Å². The molecule has 1 aromatic rings. The van der Waals surface area contributed by atoms with Crippen molar-refractivity contribution >= 4 is 14.9 Å². The molecule has 1 heterocycles. The Hall–Kier alpha value is -1.42. The fourth-order valence-corrected chi connectivity index (χ4v) is 3.91. The monoisotopic (exact) mass is 247 g/mol. The number of sulfone groups is 1. The van der Waals surface area contributed by atoms with Gasteiger partial charge in [-0.2, -0.15) is 0 Å². The van der Waals surface area contributed by atoms with Crippen molar-refractivity contribution in [1.82, 2.24) is 0 Å². The van der Waals surface area contributed by atoms with Gasteiger partial charge in [-0.3, -0.25) is 4.99 Å². The average molecular weight is 247 g/mol. The van der Waals surface area contributed by atoms with Crippen LogP contribution in [0, 0.1) is 12.8 Å². The van der Waals surface area contributed by atoms with E-state index in [1.54, 1.807) is 12.1 Å². The summed E-state index contributed by atoms with van der Waals surface area (Å²) < 4.78 is 24.7. The van der Waals surface area contributed by atoms with Crippen LogP contribution in [0.3, 0.4) is 0 Å². The maximum atomic E-state index is 12.4. The SMILES string of the molecule is Cc1ccc(S(=O)(=O)C2=NC3C=CC2C3)cc1. The second-order valence-electron chi connectivity index (χ2n) is 4.58. The first-order valence-corrected chi connectivity index (χ1v) is 7.13. The van der Waals surface area contributed by atoms with Crippen LogP contribution in [0.15, 0.2) is 46.3 Å². The Labute approximate surface area is 101 Å². The van der Waals surface area contributed by atoms with E-state index in [-0.39, 0.29) is 12.0 Å². The maximum Gasteiger partial charge on any atom is 0.220 e. The van der Waals surface area contributed by atoms with Gasteiger partial charge in [0.2, 0.25) is 9.84 Å². The molecule has 0 radical (unpaired) electrons. The molecule has 1 aliphatic heterocycles. The van der Waals surface area contributed by atoms with Crippen molar-refractivity contribution < 1.29 is 8.42 Å². The van der Waals surface area contributed by atoms with Gasteiger partial charge in [0, 0.05) is 5.92 Å². The zero-order chi connectivity index (χ0) is 12.0. The second-order valence-corrected chi connectivity index (χ2v) is 6.47. The summed E-state index contributed by atoms with van der Waals surface area (Å²) in [6.45, 7) is 1.94. The van der Waals surface area contributed by atoms with Crippen LogP contribution >= 0.6 is 0 Å². The van der Waals surface area contributed by atoms with Crippen molar-refractivity contribution in [1.29, 1.82) is 0 Å². The second kappa shape index (κ2) is 3.53. The molecule has 0 fully saturated rings. The van der Waals surface area contributed by atoms with E-state index in [1.165, 1.54) is 0 Å². The lowest BCUT2D eigenvalue weighted by Crippen LogP contribution is -2.20. The van der Waals surface area contributed by atoms with Gasteiger partial charge in [0.25, 0.3) is 0 Å². The number of hydrogen-bond acceptors (Lipinski definition) is 3. The number of rotatable bonds is 1. The molecule has 88 valence electrons. The molecular weight excluding hydrogens is 234 g/mol. The van der Waals surface area contributed by atoms with Crippen LogP contribution in [0.1, 0.15) is 12.0 Å². The average Bonchev–Trinajstić information content (AvgIpc) is 2.91. The Morgan fingerprint density at radius 1 is 1.18 bits per heavy atom. The summed E-state index contributed by atoms with van der Waals surface area (Å²) in [4.78, 5) is 4.62. The van der Waals surface area contributed by atoms with Crippen LogP contribution < -0.4 is 0 Å². The quantitative estimate of drug-likeness (QED) is 0.714. The number of dihydropyridines is 1. The summed E-state index contributed by atoms with van der Waals surface area (Å²) >= 11 is 0. The van der Waals surface area contributed by atoms with Gasteiger partial charge in [-0.1, -0.05) is 29.8 Å². The number of benzene rings is 1. The first-order chi connectivity index (χ1) is 8.07. The van der Waals surface area contributed by atoms with Gasteiger partial charge >= 0.3 is 0 Å². The van der Waals surface area contributed by atoms with Crippen molar-refractivity contribution in [3.05, 3.63) is 42.0 Å². The summed E-state index contributed by atoms with van der Waals surface area (Å²) in [5, 5.41) is 0.342. The number of allylic oxidation sites excluding steroid dienone is 1. The van der Waals surface area contributed by atoms with E-state index < -0.39 is 9.84 Å². The molecule has 4 heteroatoms. The van der Waals surface area contributed by atoms with Gasteiger partial charge < -0.3 is 0 Å². The molecule has 0 saturated heterocycles. The molecule has 3 rings (SSSR count). The van der Waals surface area contributed by atoms with E-state index in [9.17, 15) is 8.42 Å². The highest BCUT2D eigenvalue weighted by Crippen LogP contribution is 2.33. The smallest absolute Gasteiger partial charge is 0.220 e. The Kier molecular flexibility index (Phi) is 2.23. The molecule has 0 N–H and O–H groups in total. The van der Waals surface area contributed by atoms with Crippen LogP contribution in [0.25, 0.3) is 0 Å². The summed E-state index contributed by atoms with van der Waals surface area (Å²) in [6.07, 6.45) is 4.76. The van der Waals surface area contributed by atoms with Crippen LogP contribution in [0.2, 0.25) is 0 Å². The topological polar surface area (TPSA) is 46.5 Å². The predicted molar refractivity (Wildman–Crippen MR) is 66.8 cm³/mol. The Balaban J connectivity index is 2.03. The number of fused-ring (bicyclic) bond motifs is 2. The number of aliphatic imine (C=N–C) groups is 1. The zero-order valence-corrected chi connectivity index (χ0v) is 10.3. The van der Waals surface area contributed by atoms with Crippen LogP contribution in [-0.4, -0.2) is 19.5 Å². The third-order valence-electron chi connectivity index (χ3n) is 3.28. The molecule has 17 heavy (non-hydrogen) atoms. The minimum atomic E-state index is -3.39. The van der Waals surface area contributed by atoms with Gasteiger partial charge in [-0.15, -0.1) is 0 Å². The minimum absolute atomic E-state index is 0.00805. The van der Waals surface area contributed by atoms with Crippen molar-refractivity contribution in [3.63, 3.8) is 0 Å². The Morgan fingerprint density at radius 3 is 2.41 bits per heavy atom. The molecule has 2 atom stereocenters. The zero-order valence-electron chi connectivity index (χ0n) is 9.50. The number of hydrogen-bond donors (Lipinski definition) is 0. The number of aryl methyl sites for hydroxylation is 1. The van der Waals surface area contributed by atoms with E-state index >= 15 is 0 Å². The third-order valence-corrected chi connectivity index (χ3v) is 5.13. The predicted octanol–water partition coefficient (Wildman–Crippen LogP) is 2.13. The molecule has 0 saturated carbocycles. The van der Waals surface area contributed by atoms with E-state index in [0.29, 0.717) is 9.94 Å². The molecule has 2 aliphatic rings. The van der Waals surface area contributed by atoms with Crippen molar-refractivity contribution in [3.8, 4) is 0 Å². The molecular formula is C13H13NO2S. The lowest BCUT2D eigenvalue weighted by atomic mass is 10.2. The standard InChI is InChI=1S/C13H13NO2S/c1-9-2-6-12(7-3-9)17(15,16)13-10-4-5-11(8-10)14-13/h2-7,10-11H,8H2,1H3. The highest BCUT2D eigenvalue weighted by atomic mass is 32.2.